The summed E-state index contributed by atoms with van der Waals surface area (Å²) in [5.74, 6) is 0. The maximum Gasteiger partial charge on any atom is 0.356 e. The molecule has 0 aromatic carbocycles. The van der Waals surface area contributed by atoms with E-state index >= 15 is 0 Å². The third-order valence-corrected chi connectivity index (χ3v) is 0.349. The number of rotatable bonds is 1. The fraction of sp³-hybridized carbons (Fsp3) is 0.500. The van der Waals surface area contributed by atoms with Crippen molar-refractivity contribution < 1.29 is 4.79 Å². The minimum absolute atomic E-state index is 0.712. The molecule has 0 bridgehead atoms. The van der Waals surface area contributed by atoms with Crippen molar-refractivity contribution >= 4 is 6.03 Å². The Morgan fingerprint density at radius 3 is 2.00 bits per heavy atom. The van der Waals surface area contributed by atoms with Crippen molar-refractivity contribution in [1.82, 2.24) is 0 Å². The van der Waals surface area contributed by atoms with Crippen LogP contribution in [-0.2, 0) is 0 Å². The van der Waals surface area contributed by atoms with E-state index in [9.17, 15) is 4.79 Å². The van der Waals surface area contributed by atoms with E-state index in [1.54, 1.807) is 13.8 Å². The molecule has 0 unspecified atom stereocenters. The highest BCUT2D eigenvalue weighted by Crippen LogP contribution is 1.95. The first-order valence-electron chi connectivity index (χ1n) is 2.14. The SMILES string of the molecule is C[C](C)N=NC(N)=O. The number of amides is 2. The van der Waals surface area contributed by atoms with Gasteiger partial charge >= 0.3 is 6.03 Å². The van der Waals surface area contributed by atoms with Gasteiger partial charge in [-0.15, -0.1) is 0 Å². The van der Waals surface area contributed by atoms with Gasteiger partial charge in [-0.2, -0.15) is 5.11 Å². The summed E-state index contributed by atoms with van der Waals surface area (Å²) in [6.07, 6.45) is 0. The van der Waals surface area contributed by atoms with Gasteiger partial charge in [0.2, 0.25) is 0 Å². The second kappa shape index (κ2) is 3.12. The van der Waals surface area contributed by atoms with Crippen molar-refractivity contribution in [3.05, 3.63) is 6.04 Å². The van der Waals surface area contributed by atoms with Gasteiger partial charge in [-0.1, -0.05) is 5.11 Å². The molecule has 0 aliphatic rings. The predicted molar refractivity (Wildman–Crippen MR) is 29.0 cm³/mol. The van der Waals surface area contributed by atoms with Crippen LogP contribution in [0.3, 0.4) is 0 Å². The quantitative estimate of drug-likeness (QED) is 0.509. The molecule has 0 saturated heterocycles. The molecular formula is C4H8N3O. The largest absolute Gasteiger partial charge is 0.356 e. The number of nitrogens with two attached hydrogens (primary N) is 1. The monoisotopic (exact) mass is 114 g/mol. The van der Waals surface area contributed by atoms with E-state index in [0.29, 0.717) is 6.04 Å². The minimum Gasteiger partial charge on any atom is -0.348 e. The lowest BCUT2D eigenvalue weighted by Crippen LogP contribution is -2.02. The second-order valence-corrected chi connectivity index (χ2v) is 1.49. The molecule has 2 N–H and O–H groups in total. The van der Waals surface area contributed by atoms with Crippen LogP contribution in [0.25, 0.3) is 0 Å². The molecule has 4 nitrogen and oxygen atoms in total. The molecule has 0 aromatic rings. The number of primary amides is 1. The normalized spacial score (nSPS) is 10.9. The number of nitrogens with zero attached hydrogens (tertiary/aromatic N) is 2. The fourth-order valence-electron chi connectivity index (χ4n) is 0.149. The summed E-state index contributed by atoms with van der Waals surface area (Å²) in [5.41, 5.74) is 4.63. The van der Waals surface area contributed by atoms with E-state index in [1.807, 2.05) is 0 Å². The number of hydrogen-bond donors (Lipinski definition) is 1. The van der Waals surface area contributed by atoms with Gasteiger partial charge in [0.1, 0.15) is 6.04 Å². The molecule has 8 heavy (non-hydrogen) atoms. The Balaban J connectivity index is 3.50. The van der Waals surface area contributed by atoms with Gasteiger partial charge in [0.05, 0.1) is 0 Å². The first kappa shape index (κ1) is 7.07. The van der Waals surface area contributed by atoms with Crippen LogP contribution in [0.15, 0.2) is 10.2 Å². The van der Waals surface area contributed by atoms with Gasteiger partial charge in [-0.3, -0.25) is 0 Å². The number of carbonyl (C=O) groups excluding carboxylic acids is 1. The third kappa shape index (κ3) is 5.07. The smallest absolute Gasteiger partial charge is 0.348 e. The minimum atomic E-state index is -0.758. The molecule has 0 heterocycles. The Labute approximate surface area is 47.8 Å². The number of azo groups is 1. The van der Waals surface area contributed by atoms with Gasteiger partial charge in [-0.25, -0.2) is 4.79 Å². The average molecular weight is 114 g/mol. The molecule has 0 fully saturated rings. The lowest BCUT2D eigenvalue weighted by Gasteiger charge is -1.86. The molecule has 0 atom stereocenters. The summed E-state index contributed by atoms with van der Waals surface area (Å²) < 4.78 is 0. The van der Waals surface area contributed by atoms with Gasteiger partial charge in [0.15, 0.2) is 0 Å². The Hall–Kier alpha value is -0.930. The molecule has 0 aliphatic carbocycles. The maximum absolute atomic E-state index is 9.85. The standard InChI is InChI=1S/C4H8N3O/c1-3(2)6-7-4(5)8/h1-2H3,(H2,5,8). The summed E-state index contributed by atoms with van der Waals surface area (Å²) in [6.45, 7) is 3.46. The van der Waals surface area contributed by atoms with E-state index in [0.717, 1.165) is 0 Å². The number of urea groups is 1. The third-order valence-electron chi connectivity index (χ3n) is 0.349. The topological polar surface area (TPSA) is 67.8 Å². The van der Waals surface area contributed by atoms with Crippen LogP contribution in [0.5, 0.6) is 0 Å². The molecule has 0 spiro atoms. The van der Waals surface area contributed by atoms with Gasteiger partial charge in [-0.05, 0) is 13.8 Å². The summed E-state index contributed by atoms with van der Waals surface area (Å²) in [5, 5.41) is 6.44. The van der Waals surface area contributed by atoms with Crippen molar-refractivity contribution in [2.24, 2.45) is 16.0 Å². The van der Waals surface area contributed by atoms with Crippen LogP contribution in [-0.4, -0.2) is 6.03 Å². The van der Waals surface area contributed by atoms with Crippen molar-refractivity contribution in [1.29, 1.82) is 0 Å². The first-order chi connectivity index (χ1) is 3.63. The lowest BCUT2D eigenvalue weighted by molar-refractivity contribution is 0.255. The van der Waals surface area contributed by atoms with Crippen LogP contribution in [0, 0.1) is 6.04 Å². The Bertz CT molecular complexity index is 108. The predicted octanol–water partition coefficient (Wildman–Crippen LogP) is 1.09. The summed E-state index contributed by atoms with van der Waals surface area (Å²) >= 11 is 0. The second-order valence-electron chi connectivity index (χ2n) is 1.49. The molecule has 1 radical (unpaired) electrons. The zero-order chi connectivity index (χ0) is 6.57. The van der Waals surface area contributed by atoms with Crippen LogP contribution in [0.4, 0.5) is 4.79 Å². The van der Waals surface area contributed by atoms with E-state index in [1.165, 1.54) is 0 Å². The summed E-state index contributed by atoms with van der Waals surface area (Å²) in [4.78, 5) is 9.85. The molecule has 45 valence electrons. The van der Waals surface area contributed by atoms with Crippen LogP contribution >= 0.6 is 0 Å². The molecular weight excluding hydrogens is 106 g/mol. The Morgan fingerprint density at radius 2 is 1.88 bits per heavy atom. The van der Waals surface area contributed by atoms with Gasteiger partial charge in [0.25, 0.3) is 0 Å². The molecule has 0 aliphatic heterocycles. The van der Waals surface area contributed by atoms with Crippen LogP contribution in [0.1, 0.15) is 13.8 Å². The maximum atomic E-state index is 9.85. The molecule has 4 heteroatoms. The van der Waals surface area contributed by atoms with Crippen molar-refractivity contribution in [2.75, 3.05) is 0 Å². The molecule has 2 amide bonds. The zero-order valence-electron chi connectivity index (χ0n) is 4.88. The highest BCUT2D eigenvalue weighted by atomic mass is 16.2. The van der Waals surface area contributed by atoms with Crippen molar-refractivity contribution in [3.8, 4) is 0 Å². The van der Waals surface area contributed by atoms with Crippen LogP contribution in [0.2, 0.25) is 0 Å². The van der Waals surface area contributed by atoms with Gasteiger partial charge in [0, 0.05) is 0 Å². The average Bonchev–Trinajstić information content (AvgIpc) is 1.61. The van der Waals surface area contributed by atoms with Crippen molar-refractivity contribution in [3.63, 3.8) is 0 Å². The molecule has 0 saturated carbocycles. The Morgan fingerprint density at radius 1 is 1.38 bits per heavy atom. The van der Waals surface area contributed by atoms with Crippen LogP contribution < -0.4 is 5.73 Å². The van der Waals surface area contributed by atoms with Crippen molar-refractivity contribution in [2.45, 2.75) is 13.8 Å². The molecule has 0 aromatic heterocycles. The Kier molecular flexibility index (Phi) is 2.76. The highest BCUT2D eigenvalue weighted by Gasteiger charge is 1.88. The highest BCUT2D eigenvalue weighted by molar-refractivity contribution is 5.71. The lowest BCUT2D eigenvalue weighted by atomic mass is 10.4. The zero-order valence-corrected chi connectivity index (χ0v) is 4.88. The molecule has 0 rings (SSSR count). The van der Waals surface area contributed by atoms with E-state index in [4.69, 9.17) is 0 Å². The van der Waals surface area contributed by atoms with Gasteiger partial charge < -0.3 is 5.73 Å². The summed E-state index contributed by atoms with van der Waals surface area (Å²) in [6, 6.07) is -0.0463. The summed E-state index contributed by atoms with van der Waals surface area (Å²) in [7, 11) is 0. The van der Waals surface area contributed by atoms with E-state index in [-0.39, 0.29) is 0 Å². The van der Waals surface area contributed by atoms with E-state index in [2.05, 4.69) is 16.0 Å². The fourth-order valence-corrected chi connectivity index (χ4v) is 0.149. The number of hydrogen-bond acceptors (Lipinski definition) is 2. The first-order valence-corrected chi connectivity index (χ1v) is 2.14. The van der Waals surface area contributed by atoms with E-state index < -0.39 is 6.03 Å². The number of carbonyl (C=O) groups is 1.